The lowest BCUT2D eigenvalue weighted by Gasteiger charge is -2.41. The van der Waals surface area contributed by atoms with E-state index >= 15 is 0 Å². The number of carboxylic acids is 1. The molecule has 7 nitrogen and oxygen atoms in total. The summed E-state index contributed by atoms with van der Waals surface area (Å²) in [6.45, 7) is 2.23. The number of carbonyl (C=O) groups is 3. The van der Waals surface area contributed by atoms with Crippen LogP contribution in [0.4, 0.5) is 0 Å². The molecule has 0 aromatic heterocycles. The largest absolute Gasteiger partial charge is 0.481 e. The Bertz CT molecular complexity index is 661. The predicted octanol–water partition coefficient (Wildman–Crippen LogP) is 1.94. The monoisotopic (exact) mass is 426 g/mol. The maximum atomic E-state index is 12.4. The Morgan fingerprint density at radius 3 is 2.69 bits per heavy atom. The van der Waals surface area contributed by atoms with Crippen molar-refractivity contribution in [3.63, 3.8) is 0 Å². The molecular weight excluding hydrogens is 404 g/mol. The number of ether oxygens (including phenoxy) is 1. The number of rotatable bonds is 8. The second kappa shape index (κ2) is 9.25. The first-order valence-corrected chi connectivity index (χ1v) is 9.31. The minimum Gasteiger partial charge on any atom is -0.481 e. The van der Waals surface area contributed by atoms with Crippen molar-refractivity contribution >= 4 is 34.1 Å². The number of nitrogens with one attached hydrogen (secondary N) is 2. The number of hydrogen-bond donors (Lipinski definition) is 3. The molecule has 0 bridgehead atoms. The van der Waals surface area contributed by atoms with Gasteiger partial charge in [-0.3, -0.25) is 14.9 Å². The maximum Gasteiger partial charge on any atom is 0.305 e. The van der Waals surface area contributed by atoms with E-state index in [1.165, 1.54) is 0 Å². The number of carboxylic acid groups (broad SMARTS) is 1. The molecule has 1 heterocycles. The van der Waals surface area contributed by atoms with Crippen molar-refractivity contribution in [2.24, 2.45) is 0 Å². The van der Waals surface area contributed by atoms with E-state index < -0.39 is 36.1 Å². The van der Waals surface area contributed by atoms with Gasteiger partial charge in [-0.1, -0.05) is 34.1 Å². The van der Waals surface area contributed by atoms with E-state index in [0.717, 1.165) is 22.9 Å². The normalized spacial score (nSPS) is 22.2. The number of benzene rings is 1. The van der Waals surface area contributed by atoms with Gasteiger partial charge in [0.15, 0.2) is 0 Å². The average molecular weight is 427 g/mol. The molecule has 8 heteroatoms. The Labute approximate surface area is 160 Å². The van der Waals surface area contributed by atoms with Gasteiger partial charge in [0.05, 0.1) is 18.5 Å². The Morgan fingerprint density at radius 1 is 1.38 bits per heavy atom. The molecular formula is C18H23BrN2O5. The van der Waals surface area contributed by atoms with Crippen molar-refractivity contribution in [2.45, 2.75) is 50.4 Å². The van der Waals surface area contributed by atoms with Gasteiger partial charge in [-0.15, -0.1) is 0 Å². The van der Waals surface area contributed by atoms with Gasteiger partial charge in [-0.25, -0.2) is 0 Å². The molecule has 1 unspecified atom stereocenters. The third kappa shape index (κ3) is 5.12. The summed E-state index contributed by atoms with van der Waals surface area (Å²) in [7, 11) is 0. The van der Waals surface area contributed by atoms with E-state index in [1.54, 1.807) is 6.92 Å². The molecule has 3 N–H and O–H groups in total. The summed E-state index contributed by atoms with van der Waals surface area (Å²) in [5.41, 5.74) is 0.0790. The van der Waals surface area contributed by atoms with Crippen LogP contribution in [-0.4, -0.2) is 42.0 Å². The van der Waals surface area contributed by atoms with E-state index in [0.29, 0.717) is 19.3 Å². The molecule has 1 aromatic carbocycles. The van der Waals surface area contributed by atoms with Gasteiger partial charge in [-0.05, 0) is 32.3 Å². The van der Waals surface area contributed by atoms with Crippen LogP contribution in [0.5, 0.6) is 0 Å². The molecule has 3 atom stereocenters. The van der Waals surface area contributed by atoms with E-state index in [-0.39, 0.29) is 0 Å². The SMILES string of the molecule is C[C@H](NC1(c2ccccc2Br)CCCCO1)C(=O)N[C@H](C=O)CC(=O)O. The Morgan fingerprint density at radius 2 is 2.12 bits per heavy atom. The topological polar surface area (TPSA) is 105 Å². The molecule has 1 amide bonds. The molecule has 2 rings (SSSR count). The van der Waals surface area contributed by atoms with Crippen molar-refractivity contribution in [1.29, 1.82) is 0 Å². The highest BCUT2D eigenvalue weighted by Gasteiger charge is 2.39. The lowest BCUT2D eigenvalue weighted by atomic mass is 9.93. The fourth-order valence-electron chi connectivity index (χ4n) is 3.03. The molecule has 0 spiro atoms. The maximum absolute atomic E-state index is 12.4. The van der Waals surface area contributed by atoms with Crippen LogP contribution in [-0.2, 0) is 24.8 Å². The summed E-state index contributed by atoms with van der Waals surface area (Å²) in [4.78, 5) is 34.2. The van der Waals surface area contributed by atoms with Crippen LogP contribution in [0.3, 0.4) is 0 Å². The smallest absolute Gasteiger partial charge is 0.305 e. The van der Waals surface area contributed by atoms with Gasteiger partial charge in [0.1, 0.15) is 12.0 Å². The molecule has 0 saturated carbocycles. The van der Waals surface area contributed by atoms with Crippen LogP contribution in [0.2, 0.25) is 0 Å². The summed E-state index contributed by atoms with van der Waals surface area (Å²) < 4.78 is 6.94. The van der Waals surface area contributed by atoms with Gasteiger partial charge >= 0.3 is 5.97 Å². The summed E-state index contributed by atoms with van der Waals surface area (Å²) in [5.74, 6) is -1.60. The minimum absolute atomic E-state index is 0.430. The Balaban J connectivity index is 2.15. The minimum atomic E-state index is -1.15. The van der Waals surface area contributed by atoms with Crippen molar-refractivity contribution in [1.82, 2.24) is 10.6 Å². The van der Waals surface area contributed by atoms with Crippen LogP contribution in [0, 0.1) is 0 Å². The first-order valence-electron chi connectivity index (χ1n) is 8.52. The molecule has 1 aliphatic heterocycles. The number of hydrogen-bond acceptors (Lipinski definition) is 5. The van der Waals surface area contributed by atoms with Crippen LogP contribution in [0.15, 0.2) is 28.7 Å². The van der Waals surface area contributed by atoms with Crippen LogP contribution in [0.25, 0.3) is 0 Å². The summed E-state index contributed by atoms with van der Waals surface area (Å²) in [6.07, 6.45) is 2.56. The average Bonchev–Trinajstić information content (AvgIpc) is 2.61. The highest BCUT2D eigenvalue weighted by molar-refractivity contribution is 9.10. The van der Waals surface area contributed by atoms with E-state index in [1.807, 2.05) is 24.3 Å². The zero-order valence-corrected chi connectivity index (χ0v) is 16.1. The molecule has 1 saturated heterocycles. The molecule has 0 aliphatic carbocycles. The van der Waals surface area contributed by atoms with Gasteiger partial charge < -0.3 is 20.0 Å². The molecule has 142 valence electrons. The van der Waals surface area contributed by atoms with Crippen LogP contribution in [0.1, 0.15) is 38.2 Å². The van der Waals surface area contributed by atoms with Gasteiger partial charge in [-0.2, -0.15) is 0 Å². The number of amides is 1. The first kappa shape index (κ1) is 20.5. The number of halogens is 1. The van der Waals surface area contributed by atoms with E-state index in [4.69, 9.17) is 9.84 Å². The second-order valence-corrected chi connectivity index (χ2v) is 7.18. The zero-order chi connectivity index (χ0) is 19.2. The van der Waals surface area contributed by atoms with E-state index in [2.05, 4.69) is 26.6 Å². The first-order chi connectivity index (χ1) is 12.4. The highest BCUT2D eigenvalue weighted by Crippen LogP contribution is 2.37. The van der Waals surface area contributed by atoms with Crippen LogP contribution < -0.4 is 10.6 Å². The van der Waals surface area contributed by atoms with Crippen molar-refractivity contribution in [2.75, 3.05) is 6.61 Å². The number of carbonyl (C=O) groups excluding carboxylic acids is 2. The zero-order valence-electron chi connectivity index (χ0n) is 14.5. The quantitative estimate of drug-likeness (QED) is 0.548. The van der Waals surface area contributed by atoms with Crippen molar-refractivity contribution in [3.05, 3.63) is 34.3 Å². The highest BCUT2D eigenvalue weighted by atomic mass is 79.9. The van der Waals surface area contributed by atoms with Gasteiger partial charge in [0.2, 0.25) is 5.91 Å². The number of aliphatic carboxylic acids is 1. The third-order valence-corrected chi connectivity index (χ3v) is 5.00. The summed E-state index contributed by atoms with van der Waals surface area (Å²) in [5, 5.41) is 14.5. The molecule has 1 aromatic rings. The lowest BCUT2D eigenvalue weighted by molar-refractivity contribution is -0.140. The molecule has 26 heavy (non-hydrogen) atoms. The standard InChI is InChI=1S/C18H23BrN2O5/c1-12(17(25)20-13(11-22)10-16(23)24)21-18(8-4-5-9-26-18)14-6-2-3-7-15(14)19/h2-3,6-7,11-13,21H,4-5,8-10H2,1H3,(H,20,25)(H,23,24)/t12-,13-,18?/m0/s1. The predicted molar refractivity (Wildman–Crippen MR) is 98.5 cm³/mol. The van der Waals surface area contributed by atoms with Gasteiger partial charge in [0.25, 0.3) is 0 Å². The summed E-state index contributed by atoms with van der Waals surface area (Å²) >= 11 is 3.54. The summed E-state index contributed by atoms with van der Waals surface area (Å²) in [6, 6.07) is 5.91. The van der Waals surface area contributed by atoms with Crippen molar-refractivity contribution < 1.29 is 24.2 Å². The molecule has 1 aliphatic rings. The number of aldehydes is 1. The fraction of sp³-hybridized carbons (Fsp3) is 0.500. The van der Waals surface area contributed by atoms with E-state index in [9.17, 15) is 14.4 Å². The lowest BCUT2D eigenvalue weighted by Crippen LogP contribution is -2.56. The Kier molecular flexibility index (Phi) is 7.31. The van der Waals surface area contributed by atoms with Crippen LogP contribution >= 0.6 is 15.9 Å². The third-order valence-electron chi connectivity index (χ3n) is 4.31. The Hall–Kier alpha value is -1.77. The van der Waals surface area contributed by atoms with Gasteiger partial charge in [0, 0.05) is 16.6 Å². The van der Waals surface area contributed by atoms with Crippen molar-refractivity contribution in [3.8, 4) is 0 Å². The second-order valence-electron chi connectivity index (χ2n) is 6.33. The fourth-order valence-corrected chi connectivity index (χ4v) is 3.64. The molecule has 0 radical (unpaired) electrons. The molecule has 1 fully saturated rings.